The van der Waals surface area contributed by atoms with Crippen LogP contribution < -0.4 is 0 Å². The third kappa shape index (κ3) is 1.94. The molecule has 0 bridgehead atoms. The largest absolute Gasteiger partial charge is 0.506 e. The molecule has 0 atom stereocenters. The van der Waals surface area contributed by atoms with E-state index in [0.717, 1.165) is 6.20 Å². The third-order valence-electron chi connectivity index (χ3n) is 1.53. The van der Waals surface area contributed by atoms with Crippen LogP contribution in [0, 0.1) is 0 Å². The fourth-order valence-electron chi connectivity index (χ4n) is 0.916. The highest BCUT2D eigenvalue weighted by Gasteiger charge is 2.20. The van der Waals surface area contributed by atoms with Gasteiger partial charge in [-0.15, -0.1) is 0 Å². The summed E-state index contributed by atoms with van der Waals surface area (Å²) >= 11 is 2.81. The minimum atomic E-state index is -2.78. The summed E-state index contributed by atoms with van der Waals surface area (Å²) in [5.74, 6) is -0.430. The maximum Gasteiger partial charge on any atom is 0.266 e. The lowest BCUT2D eigenvalue weighted by atomic mass is 10.1. The first-order valence-electron chi connectivity index (χ1n) is 3.33. The number of aromatic nitrogens is 1. The molecule has 0 aliphatic carbocycles. The molecule has 2 N–H and O–H groups in total. The molecule has 1 aromatic rings. The number of nitrogens with zero attached hydrogens (tertiary/aromatic N) is 1. The van der Waals surface area contributed by atoms with Gasteiger partial charge < -0.3 is 10.2 Å². The molecule has 0 spiro atoms. The van der Waals surface area contributed by atoms with Crippen molar-refractivity contribution in [3.05, 3.63) is 21.9 Å². The van der Waals surface area contributed by atoms with E-state index in [1.165, 1.54) is 0 Å². The summed E-state index contributed by atoms with van der Waals surface area (Å²) in [7, 11) is 0. The summed E-state index contributed by atoms with van der Waals surface area (Å²) in [5.41, 5.74) is -0.667. The van der Waals surface area contributed by atoms with E-state index in [1.807, 2.05) is 0 Å². The van der Waals surface area contributed by atoms with E-state index in [4.69, 9.17) is 10.2 Å². The lowest BCUT2D eigenvalue weighted by Gasteiger charge is -2.09. The van der Waals surface area contributed by atoms with Crippen LogP contribution in [-0.4, -0.2) is 15.2 Å². The van der Waals surface area contributed by atoms with Crippen LogP contribution in [0.5, 0.6) is 5.75 Å². The fourth-order valence-corrected chi connectivity index (χ4v) is 1.43. The molecule has 0 fully saturated rings. The van der Waals surface area contributed by atoms with Gasteiger partial charge in [-0.25, -0.2) is 13.8 Å². The molecule has 0 saturated heterocycles. The molecule has 3 nitrogen and oxygen atoms in total. The molecular weight excluding hydrogens is 248 g/mol. The number of rotatable bonds is 2. The van der Waals surface area contributed by atoms with Gasteiger partial charge in [0, 0.05) is 5.56 Å². The van der Waals surface area contributed by atoms with E-state index in [2.05, 4.69) is 20.9 Å². The maximum atomic E-state index is 12.4. The van der Waals surface area contributed by atoms with Gasteiger partial charge in [0.05, 0.1) is 18.4 Å². The van der Waals surface area contributed by atoms with Crippen molar-refractivity contribution >= 4 is 15.9 Å². The van der Waals surface area contributed by atoms with E-state index in [9.17, 15) is 8.78 Å². The minimum absolute atomic E-state index is 0.0654. The molecular formula is C7H6BrF2NO2. The number of aliphatic hydroxyl groups excluding tert-OH is 1. The maximum absolute atomic E-state index is 12.4. The number of pyridine rings is 1. The van der Waals surface area contributed by atoms with Crippen LogP contribution in [0.15, 0.2) is 10.8 Å². The van der Waals surface area contributed by atoms with Crippen LogP contribution in [0.2, 0.25) is 0 Å². The fraction of sp³-hybridized carbons (Fsp3) is 0.286. The van der Waals surface area contributed by atoms with Gasteiger partial charge >= 0.3 is 0 Å². The SMILES string of the molecule is OCc1c(O)cnc(Br)c1C(F)F. The molecule has 1 aromatic heterocycles. The summed E-state index contributed by atoms with van der Waals surface area (Å²) < 4.78 is 24.7. The van der Waals surface area contributed by atoms with Crippen molar-refractivity contribution < 1.29 is 19.0 Å². The first-order chi connectivity index (χ1) is 6.07. The third-order valence-corrected chi connectivity index (χ3v) is 2.16. The molecule has 72 valence electrons. The summed E-state index contributed by atoms with van der Waals surface area (Å²) in [6.45, 7) is -0.646. The van der Waals surface area contributed by atoms with Crippen LogP contribution in [0.4, 0.5) is 8.78 Å². The Bertz CT molecular complexity index is 320. The highest BCUT2D eigenvalue weighted by atomic mass is 79.9. The molecule has 6 heteroatoms. The monoisotopic (exact) mass is 253 g/mol. The zero-order valence-electron chi connectivity index (χ0n) is 6.34. The van der Waals surface area contributed by atoms with Crippen LogP contribution >= 0.6 is 15.9 Å². The lowest BCUT2D eigenvalue weighted by molar-refractivity contribution is 0.144. The van der Waals surface area contributed by atoms with Crippen LogP contribution in [0.1, 0.15) is 17.6 Å². The van der Waals surface area contributed by atoms with Gasteiger partial charge in [-0.2, -0.15) is 0 Å². The first kappa shape index (κ1) is 10.3. The predicted octanol–water partition coefficient (Wildman–Crippen LogP) is 1.98. The lowest BCUT2D eigenvalue weighted by Crippen LogP contribution is -1.98. The predicted molar refractivity (Wildman–Crippen MR) is 44.5 cm³/mol. The molecule has 1 rings (SSSR count). The first-order valence-corrected chi connectivity index (χ1v) is 4.12. The second-order valence-corrected chi connectivity index (χ2v) is 3.04. The Balaban J connectivity index is 3.35. The van der Waals surface area contributed by atoms with Crippen LogP contribution in [0.3, 0.4) is 0 Å². The molecule has 0 radical (unpaired) electrons. The molecule has 0 aromatic carbocycles. The van der Waals surface area contributed by atoms with Crippen molar-refractivity contribution in [1.82, 2.24) is 4.98 Å². The Hall–Kier alpha value is -0.750. The highest BCUT2D eigenvalue weighted by Crippen LogP contribution is 2.33. The second-order valence-electron chi connectivity index (χ2n) is 2.29. The summed E-state index contributed by atoms with van der Waals surface area (Å²) in [6.07, 6.45) is -1.78. The summed E-state index contributed by atoms with van der Waals surface area (Å²) in [6, 6.07) is 0. The number of hydrogen-bond donors (Lipinski definition) is 2. The Kier molecular flexibility index (Phi) is 3.16. The van der Waals surface area contributed by atoms with Gasteiger partial charge in [-0.3, -0.25) is 0 Å². The topological polar surface area (TPSA) is 53.4 Å². The minimum Gasteiger partial charge on any atom is -0.506 e. The number of halogens is 3. The van der Waals surface area contributed by atoms with E-state index < -0.39 is 24.3 Å². The van der Waals surface area contributed by atoms with Crippen molar-refractivity contribution in [3.63, 3.8) is 0 Å². The molecule has 1 heterocycles. The van der Waals surface area contributed by atoms with E-state index in [0.29, 0.717) is 0 Å². The average Bonchev–Trinajstić information content (AvgIpc) is 2.07. The summed E-state index contributed by atoms with van der Waals surface area (Å²) in [5, 5.41) is 17.8. The molecule has 13 heavy (non-hydrogen) atoms. The van der Waals surface area contributed by atoms with E-state index >= 15 is 0 Å². The average molecular weight is 254 g/mol. The van der Waals surface area contributed by atoms with Crippen molar-refractivity contribution in [1.29, 1.82) is 0 Å². The molecule has 0 amide bonds. The number of aromatic hydroxyl groups is 1. The van der Waals surface area contributed by atoms with Gasteiger partial charge in [0.15, 0.2) is 0 Å². The van der Waals surface area contributed by atoms with E-state index in [-0.39, 0.29) is 10.2 Å². The quantitative estimate of drug-likeness (QED) is 0.793. The second kappa shape index (κ2) is 3.97. The van der Waals surface area contributed by atoms with E-state index in [1.54, 1.807) is 0 Å². The molecule has 0 saturated carbocycles. The van der Waals surface area contributed by atoms with Crippen molar-refractivity contribution in [2.75, 3.05) is 0 Å². The van der Waals surface area contributed by atoms with Gasteiger partial charge in [0.25, 0.3) is 6.43 Å². The van der Waals surface area contributed by atoms with Gasteiger partial charge in [0.2, 0.25) is 0 Å². The Morgan fingerprint density at radius 1 is 1.54 bits per heavy atom. The summed E-state index contributed by atoms with van der Waals surface area (Å²) in [4.78, 5) is 3.48. The van der Waals surface area contributed by atoms with Crippen LogP contribution in [0.25, 0.3) is 0 Å². The Morgan fingerprint density at radius 3 is 2.54 bits per heavy atom. The number of alkyl halides is 2. The van der Waals surface area contributed by atoms with Gasteiger partial charge in [0.1, 0.15) is 10.4 Å². The van der Waals surface area contributed by atoms with Crippen molar-refractivity contribution in [2.45, 2.75) is 13.0 Å². The number of hydrogen-bond acceptors (Lipinski definition) is 3. The smallest absolute Gasteiger partial charge is 0.266 e. The molecule has 0 aliphatic heterocycles. The van der Waals surface area contributed by atoms with Crippen molar-refractivity contribution in [3.8, 4) is 5.75 Å². The molecule has 0 unspecified atom stereocenters. The standard InChI is InChI=1S/C7H6BrF2NO2/c8-6-5(7(9)10)3(2-12)4(13)1-11-6/h1,7,12-13H,2H2. The normalized spacial score (nSPS) is 10.8. The van der Waals surface area contributed by atoms with Gasteiger partial charge in [-0.05, 0) is 15.9 Å². The zero-order valence-corrected chi connectivity index (χ0v) is 7.92. The highest BCUT2D eigenvalue weighted by molar-refractivity contribution is 9.10. The van der Waals surface area contributed by atoms with Crippen molar-refractivity contribution in [2.24, 2.45) is 0 Å². The van der Waals surface area contributed by atoms with Gasteiger partial charge in [-0.1, -0.05) is 0 Å². The molecule has 0 aliphatic rings. The van der Waals surface area contributed by atoms with Crippen LogP contribution in [-0.2, 0) is 6.61 Å². The Morgan fingerprint density at radius 2 is 2.15 bits per heavy atom. The Labute approximate surface area is 81.2 Å². The number of aliphatic hydroxyl groups is 1. The zero-order chi connectivity index (χ0) is 10.0.